The zero-order valence-electron chi connectivity index (χ0n) is 18.0. The van der Waals surface area contributed by atoms with Gasteiger partial charge < -0.3 is 19.5 Å². The summed E-state index contributed by atoms with van der Waals surface area (Å²) >= 11 is 0. The highest BCUT2D eigenvalue weighted by molar-refractivity contribution is 6.26. The molecule has 1 N–H and O–H groups in total. The number of aromatic nitrogens is 1. The van der Waals surface area contributed by atoms with E-state index in [1.165, 1.54) is 0 Å². The van der Waals surface area contributed by atoms with Crippen LogP contribution in [0.3, 0.4) is 0 Å². The zero-order chi connectivity index (χ0) is 23.0. The fourth-order valence-corrected chi connectivity index (χ4v) is 3.17. The summed E-state index contributed by atoms with van der Waals surface area (Å²) in [5.74, 6) is -0.738. The lowest BCUT2D eigenvalue weighted by molar-refractivity contribution is -0.139. The Hall–Kier alpha value is -4.39. The normalized spacial score (nSPS) is 14.2. The number of Topliss-reactive ketones (excluding diaryl/α,β-unsaturated/α-hetero) is 1. The first kappa shape index (κ1) is 21.8. The van der Waals surface area contributed by atoms with Gasteiger partial charge in [-0.15, -0.1) is 0 Å². The highest BCUT2D eigenvalue weighted by Crippen LogP contribution is 2.31. The molecule has 1 aliphatic heterocycles. The first-order valence-corrected chi connectivity index (χ1v) is 10.4. The van der Waals surface area contributed by atoms with Crippen molar-refractivity contribution in [1.29, 1.82) is 0 Å². The highest BCUT2D eigenvalue weighted by Gasteiger charge is 2.37. The van der Waals surface area contributed by atoms with Crippen LogP contribution >= 0.6 is 0 Å². The van der Waals surface area contributed by atoms with Gasteiger partial charge in [-0.3, -0.25) is 9.78 Å². The van der Waals surface area contributed by atoms with Gasteiger partial charge in [-0.1, -0.05) is 42.5 Å². The van der Waals surface area contributed by atoms with Crippen molar-refractivity contribution in [2.75, 3.05) is 11.9 Å². The molecule has 0 atom stereocenters. The van der Waals surface area contributed by atoms with Gasteiger partial charge in [0.05, 0.1) is 12.3 Å². The third kappa shape index (κ3) is 5.27. The van der Waals surface area contributed by atoms with Gasteiger partial charge in [0.1, 0.15) is 12.4 Å². The number of hydrogen-bond donors (Lipinski definition) is 1. The van der Waals surface area contributed by atoms with Crippen LogP contribution in [-0.2, 0) is 25.7 Å². The third-order valence-electron chi connectivity index (χ3n) is 4.71. The van der Waals surface area contributed by atoms with Crippen LogP contribution in [0.15, 0.2) is 96.2 Å². The largest absolute Gasteiger partial charge is 0.487 e. The van der Waals surface area contributed by atoms with Crippen LogP contribution in [0.4, 0.5) is 5.69 Å². The van der Waals surface area contributed by atoms with E-state index in [-0.39, 0.29) is 30.4 Å². The number of nitrogens with zero attached hydrogens (tertiary/aromatic N) is 1. The van der Waals surface area contributed by atoms with E-state index < -0.39 is 11.8 Å². The smallest absolute Gasteiger partial charge is 0.347 e. The van der Waals surface area contributed by atoms with Gasteiger partial charge in [0.25, 0.3) is 0 Å². The SMILES string of the molecule is CCOC(=O)C1=C(Nc2ccccc2)O/C(=C\c2ccccc2OCc2ccccn2)C1=O. The molecule has 1 aliphatic rings. The Labute approximate surface area is 191 Å². The van der Waals surface area contributed by atoms with Crippen molar-refractivity contribution in [3.8, 4) is 5.75 Å². The monoisotopic (exact) mass is 442 g/mol. The Morgan fingerprint density at radius 2 is 1.79 bits per heavy atom. The van der Waals surface area contributed by atoms with Gasteiger partial charge in [0, 0.05) is 17.4 Å². The Morgan fingerprint density at radius 1 is 1.03 bits per heavy atom. The minimum Gasteiger partial charge on any atom is -0.487 e. The molecule has 0 amide bonds. The summed E-state index contributed by atoms with van der Waals surface area (Å²) in [6, 6.07) is 21.9. The average molecular weight is 442 g/mol. The number of ketones is 1. The molecule has 7 heteroatoms. The van der Waals surface area contributed by atoms with Crippen molar-refractivity contribution < 1.29 is 23.8 Å². The van der Waals surface area contributed by atoms with E-state index in [9.17, 15) is 9.59 Å². The van der Waals surface area contributed by atoms with Gasteiger partial charge in [-0.2, -0.15) is 0 Å². The summed E-state index contributed by atoms with van der Waals surface area (Å²) < 4.78 is 16.8. The fraction of sp³-hybridized carbons (Fsp3) is 0.115. The molecule has 166 valence electrons. The molecule has 2 aromatic carbocycles. The lowest BCUT2D eigenvalue weighted by Crippen LogP contribution is -2.16. The second-order valence-electron chi connectivity index (χ2n) is 7.00. The molecule has 33 heavy (non-hydrogen) atoms. The van der Waals surface area contributed by atoms with Gasteiger partial charge in [0.15, 0.2) is 11.3 Å². The molecule has 0 radical (unpaired) electrons. The molecule has 4 rings (SSSR count). The van der Waals surface area contributed by atoms with Crippen LogP contribution in [0.2, 0.25) is 0 Å². The number of carbonyl (C=O) groups excluding carboxylic acids is 2. The molecule has 7 nitrogen and oxygen atoms in total. The Morgan fingerprint density at radius 3 is 2.55 bits per heavy atom. The number of rotatable bonds is 8. The van der Waals surface area contributed by atoms with Crippen molar-refractivity contribution in [1.82, 2.24) is 4.98 Å². The number of benzene rings is 2. The first-order chi connectivity index (χ1) is 16.2. The van der Waals surface area contributed by atoms with Crippen LogP contribution < -0.4 is 10.1 Å². The highest BCUT2D eigenvalue weighted by atomic mass is 16.5. The lowest BCUT2D eigenvalue weighted by atomic mass is 10.1. The quantitative estimate of drug-likeness (QED) is 0.312. The Kier molecular flexibility index (Phi) is 6.80. The zero-order valence-corrected chi connectivity index (χ0v) is 18.0. The number of nitrogens with one attached hydrogen (secondary N) is 1. The molecule has 0 saturated heterocycles. The Balaban J connectivity index is 1.60. The minimum atomic E-state index is -0.746. The maximum atomic E-state index is 13.1. The van der Waals surface area contributed by atoms with Crippen molar-refractivity contribution in [3.63, 3.8) is 0 Å². The van der Waals surface area contributed by atoms with Crippen molar-refractivity contribution in [2.24, 2.45) is 0 Å². The maximum Gasteiger partial charge on any atom is 0.347 e. The van der Waals surface area contributed by atoms with Crippen LogP contribution in [0, 0.1) is 0 Å². The lowest BCUT2D eigenvalue weighted by Gasteiger charge is -2.10. The summed E-state index contributed by atoms with van der Waals surface area (Å²) in [4.78, 5) is 29.8. The summed E-state index contributed by atoms with van der Waals surface area (Å²) in [6.45, 7) is 2.08. The van der Waals surface area contributed by atoms with Gasteiger partial charge >= 0.3 is 5.97 Å². The number of para-hydroxylation sites is 2. The predicted molar refractivity (Wildman–Crippen MR) is 123 cm³/mol. The van der Waals surface area contributed by atoms with Crippen molar-refractivity contribution in [3.05, 3.63) is 107 Å². The number of anilines is 1. The molecule has 0 saturated carbocycles. The van der Waals surface area contributed by atoms with Gasteiger partial charge in [-0.05, 0) is 43.3 Å². The van der Waals surface area contributed by atoms with E-state index in [0.717, 1.165) is 5.69 Å². The number of allylic oxidation sites excluding steroid dienone is 1. The van der Waals surface area contributed by atoms with Crippen LogP contribution in [0.1, 0.15) is 18.2 Å². The topological polar surface area (TPSA) is 86.8 Å². The molecule has 2 heterocycles. The van der Waals surface area contributed by atoms with Crippen LogP contribution in [0.25, 0.3) is 6.08 Å². The van der Waals surface area contributed by atoms with Crippen molar-refractivity contribution in [2.45, 2.75) is 13.5 Å². The standard InChI is InChI=1S/C26H22N2O5/c1-2-31-26(30)23-24(29)22(33-25(23)28-19-11-4-3-5-12-19)16-18-10-6-7-14-21(18)32-17-20-13-8-9-15-27-20/h3-16,28H,2,17H2,1H3/b22-16-. The predicted octanol–water partition coefficient (Wildman–Crippen LogP) is 4.49. The summed E-state index contributed by atoms with van der Waals surface area (Å²) in [5.41, 5.74) is 1.89. The van der Waals surface area contributed by atoms with Gasteiger partial charge in [-0.25, -0.2) is 4.79 Å². The maximum absolute atomic E-state index is 13.1. The number of ether oxygens (including phenoxy) is 3. The number of carbonyl (C=O) groups is 2. The average Bonchev–Trinajstić information content (AvgIpc) is 3.14. The Bertz CT molecular complexity index is 1200. The van der Waals surface area contributed by atoms with Crippen LogP contribution in [-0.4, -0.2) is 23.3 Å². The van der Waals surface area contributed by atoms with E-state index in [1.807, 2.05) is 48.5 Å². The molecule has 3 aromatic rings. The summed E-state index contributed by atoms with van der Waals surface area (Å²) in [6.07, 6.45) is 3.25. The summed E-state index contributed by atoms with van der Waals surface area (Å²) in [7, 11) is 0. The van der Waals surface area contributed by atoms with E-state index in [4.69, 9.17) is 14.2 Å². The minimum absolute atomic E-state index is 0.00892. The molecule has 0 unspecified atom stereocenters. The second kappa shape index (κ2) is 10.3. The first-order valence-electron chi connectivity index (χ1n) is 10.4. The molecule has 0 fully saturated rings. The van der Waals surface area contributed by atoms with E-state index >= 15 is 0 Å². The molecule has 1 aromatic heterocycles. The van der Waals surface area contributed by atoms with E-state index in [1.54, 1.807) is 43.5 Å². The second-order valence-corrected chi connectivity index (χ2v) is 7.00. The number of hydrogen-bond acceptors (Lipinski definition) is 7. The third-order valence-corrected chi connectivity index (χ3v) is 4.71. The molecular formula is C26H22N2O5. The molecule has 0 spiro atoms. The number of esters is 1. The molecular weight excluding hydrogens is 420 g/mol. The molecule has 0 aliphatic carbocycles. The van der Waals surface area contributed by atoms with Crippen molar-refractivity contribution >= 4 is 23.5 Å². The summed E-state index contributed by atoms with van der Waals surface area (Å²) in [5, 5.41) is 2.99. The number of pyridine rings is 1. The van der Waals surface area contributed by atoms with E-state index in [2.05, 4.69) is 10.3 Å². The van der Waals surface area contributed by atoms with E-state index in [0.29, 0.717) is 17.0 Å². The molecule has 0 bridgehead atoms. The van der Waals surface area contributed by atoms with Gasteiger partial charge in [0.2, 0.25) is 11.7 Å². The fourth-order valence-electron chi connectivity index (χ4n) is 3.17. The van der Waals surface area contributed by atoms with Crippen LogP contribution in [0.5, 0.6) is 5.75 Å².